The van der Waals surface area contributed by atoms with E-state index in [0.29, 0.717) is 5.56 Å². The van der Waals surface area contributed by atoms with Crippen molar-refractivity contribution < 1.29 is 9.90 Å². The van der Waals surface area contributed by atoms with Crippen molar-refractivity contribution >= 4 is 11.5 Å². The lowest BCUT2D eigenvalue weighted by Crippen LogP contribution is -2.01. The van der Waals surface area contributed by atoms with E-state index in [1.165, 1.54) is 0 Å². The summed E-state index contributed by atoms with van der Waals surface area (Å²) in [5.41, 5.74) is 1.70. The summed E-state index contributed by atoms with van der Waals surface area (Å²) in [6, 6.07) is 19.9. The predicted octanol–water partition coefficient (Wildman–Crippen LogP) is 3.24. The topological polar surface area (TPSA) is 84.9 Å². The minimum Gasteiger partial charge on any atom is -0.477 e. The zero-order chi connectivity index (χ0) is 15.2. The number of benzene rings is 2. The van der Waals surface area contributed by atoms with Crippen molar-refractivity contribution in [3.8, 4) is 23.3 Å². The summed E-state index contributed by atoms with van der Waals surface area (Å²) in [6.45, 7) is 0. The number of hydrogen-bond donors (Lipinski definition) is 1. The van der Waals surface area contributed by atoms with Gasteiger partial charge in [0.15, 0.2) is 5.57 Å². The number of allylic oxidation sites excluding steroid dienone is 1. The lowest BCUT2D eigenvalue weighted by molar-refractivity contribution is -0.132. The van der Waals surface area contributed by atoms with Crippen LogP contribution in [-0.2, 0) is 4.79 Å². The third kappa shape index (κ3) is 2.97. The molecule has 4 heteroatoms. The largest absolute Gasteiger partial charge is 0.477 e. The van der Waals surface area contributed by atoms with E-state index in [-0.39, 0.29) is 5.57 Å². The van der Waals surface area contributed by atoms with Crippen molar-refractivity contribution in [1.29, 1.82) is 10.5 Å². The molecule has 2 aromatic rings. The first kappa shape index (κ1) is 14.0. The van der Waals surface area contributed by atoms with E-state index < -0.39 is 11.5 Å². The average molecular weight is 274 g/mol. The molecule has 0 unspecified atom stereocenters. The fourth-order valence-corrected chi connectivity index (χ4v) is 1.94. The molecule has 0 heterocycles. The van der Waals surface area contributed by atoms with Crippen molar-refractivity contribution in [2.75, 3.05) is 0 Å². The Labute approximate surface area is 121 Å². The van der Waals surface area contributed by atoms with Gasteiger partial charge in [-0.05, 0) is 16.7 Å². The molecule has 2 rings (SSSR count). The van der Waals surface area contributed by atoms with Crippen LogP contribution in [0.3, 0.4) is 0 Å². The average Bonchev–Trinajstić information content (AvgIpc) is 2.53. The van der Waals surface area contributed by atoms with Crippen molar-refractivity contribution in [3.63, 3.8) is 0 Å². The molecule has 0 aliphatic rings. The molecule has 0 amide bonds. The Bertz CT molecular complexity index is 776. The van der Waals surface area contributed by atoms with Crippen LogP contribution in [0.25, 0.3) is 16.7 Å². The Morgan fingerprint density at radius 1 is 0.857 bits per heavy atom. The summed E-state index contributed by atoms with van der Waals surface area (Å²) in [5, 5.41) is 26.9. The number of carboxylic acids is 1. The summed E-state index contributed by atoms with van der Waals surface area (Å²) in [4.78, 5) is 11.0. The minimum atomic E-state index is -1.40. The van der Waals surface area contributed by atoms with Crippen LogP contribution in [0.5, 0.6) is 0 Å². The van der Waals surface area contributed by atoms with Gasteiger partial charge in [-0.3, -0.25) is 0 Å². The molecule has 21 heavy (non-hydrogen) atoms. The Morgan fingerprint density at radius 3 is 1.90 bits per heavy atom. The molecule has 0 saturated heterocycles. The van der Waals surface area contributed by atoms with Crippen molar-refractivity contribution in [1.82, 2.24) is 0 Å². The highest BCUT2D eigenvalue weighted by atomic mass is 16.4. The van der Waals surface area contributed by atoms with E-state index in [1.54, 1.807) is 36.4 Å². The molecule has 0 fully saturated rings. The van der Waals surface area contributed by atoms with Crippen LogP contribution >= 0.6 is 0 Å². The SMILES string of the molecule is N#C/C(C(=O)O)=C(/C#N)c1ccc(-c2ccccc2)cc1. The van der Waals surface area contributed by atoms with Crippen LogP contribution < -0.4 is 0 Å². The number of carbonyl (C=O) groups is 1. The first-order chi connectivity index (χ1) is 10.2. The molecule has 100 valence electrons. The molecule has 0 radical (unpaired) electrons. The van der Waals surface area contributed by atoms with Gasteiger partial charge >= 0.3 is 5.97 Å². The Kier molecular flexibility index (Phi) is 4.14. The second-order valence-electron chi connectivity index (χ2n) is 4.22. The van der Waals surface area contributed by atoms with E-state index in [1.807, 2.05) is 30.3 Å². The van der Waals surface area contributed by atoms with Gasteiger partial charge in [0.1, 0.15) is 12.1 Å². The molecule has 1 N–H and O–H groups in total. The van der Waals surface area contributed by atoms with E-state index in [9.17, 15) is 4.79 Å². The van der Waals surface area contributed by atoms with Gasteiger partial charge in [-0.15, -0.1) is 0 Å². The Hall–Kier alpha value is -3.37. The van der Waals surface area contributed by atoms with E-state index >= 15 is 0 Å². The summed E-state index contributed by atoms with van der Waals surface area (Å²) in [6.07, 6.45) is 0. The van der Waals surface area contributed by atoms with Gasteiger partial charge in [0.2, 0.25) is 0 Å². The van der Waals surface area contributed by atoms with Crippen LogP contribution in [0.15, 0.2) is 60.2 Å². The van der Waals surface area contributed by atoms with E-state index in [0.717, 1.165) is 11.1 Å². The maximum atomic E-state index is 11.0. The maximum absolute atomic E-state index is 11.0. The van der Waals surface area contributed by atoms with Crippen molar-refractivity contribution in [3.05, 3.63) is 65.7 Å². The second-order valence-corrected chi connectivity index (χ2v) is 4.22. The minimum absolute atomic E-state index is 0.135. The zero-order valence-electron chi connectivity index (χ0n) is 10.9. The molecule has 0 bridgehead atoms. The highest BCUT2D eigenvalue weighted by molar-refractivity contribution is 6.03. The molecule has 0 atom stereocenters. The van der Waals surface area contributed by atoms with Crippen LogP contribution in [0.2, 0.25) is 0 Å². The van der Waals surface area contributed by atoms with Crippen LogP contribution in [-0.4, -0.2) is 11.1 Å². The third-order valence-electron chi connectivity index (χ3n) is 2.97. The van der Waals surface area contributed by atoms with Gasteiger partial charge < -0.3 is 5.11 Å². The molecular formula is C17H10N2O2. The second kappa shape index (κ2) is 6.18. The van der Waals surface area contributed by atoms with Crippen molar-refractivity contribution in [2.24, 2.45) is 0 Å². The van der Waals surface area contributed by atoms with Gasteiger partial charge in [0.05, 0.1) is 5.57 Å². The van der Waals surface area contributed by atoms with Gasteiger partial charge in [0, 0.05) is 0 Å². The number of hydrogen-bond acceptors (Lipinski definition) is 3. The quantitative estimate of drug-likeness (QED) is 0.687. The maximum Gasteiger partial charge on any atom is 0.347 e. The highest BCUT2D eigenvalue weighted by Gasteiger charge is 2.15. The van der Waals surface area contributed by atoms with Crippen LogP contribution in [0.1, 0.15) is 5.56 Å². The van der Waals surface area contributed by atoms with Gasteiger partial charge in [-0.2, -0.15) is 10.5 Å². The van der Waals surface area contributed by atoms with E-state index in [2.05, 4.69) is 0 Å². The lowest BCUT2D eigenvalue weighted by atomic mass is 9.98. The standard InChI is InChI=1S/C17H10N2O2/c18-10-15(16(11-19)17(20)21)14-8-6-13(7-9-14)12-4-2-1-3-5-12/h1-9H,(H,20,21)/b16-15+. The lowest BCUT2D eigenvalue weighted by Gasteiger charge is -2.04. The number of rotatable bonds is 3. The normalized spacial score (nSPS) is 11.0. The predicted molar refractivity (Wildman–Crippen MR) is 77.7 cm³/mol. The monoisotopic (exact) mass is 274 g/mol. The highest BCUT2D eigenvalue weighted by Crippen LogP contribution is 2.23. The van der Waals surface area contributed by atoms with Crippen molar-refractivity contribution in [2.45, 2.75) is 0 Å². The fourth-order valence-electron chi connectivity index (χ4n) is 1.94. The third-order valence-corrected chi connectivity index (χ3v) is 2.97. The summed E-state index contributed by atoms with van der Waals surface area (Å²) in [7, 11) is 0. The fraction of sp³-hybridized carbons (Fsp3) is 0. The molecule has 2 aromatic carbocycles. The smallest absolute Gasteiger partial charge is 0.347 e. The van der Waals surface area contributed by atoms with Crippen LogP contribution in [0, 0.1) is 22.7 Å². The number of nitrogens with zero attached hydrogens (tertiary/aromatic N) is 2. The molecule has 0 spiro atoms. The Balaban J connectivity index is 2.46. The molecule has 0 aliphatic carbocycles. The van der Waals surface area contributed by atoms with Crippen LogP contribution in [0.4, 0.5) is 0 Å². The molecular weight excluding hydrogens is 264 g/mol. The Morgan fingerprint density at radius 2 is 1.43 bits per heavy atom. The van der Waals surface area contributed by atoms with Gasteiger partial charge in [0.25, 0.3) is 0 Å². The molecule has 0 aromatic heterocycles. The first-order valence-electron chi connectivity index (χ1n) is 6.11. The number of aliphatic carboxylic acids is 1. The van der Waals surface area contributed by atoms with Gasteiger partial charge in [-0.1, -0.05) is 54.6 Å². The molecule has 0 aliphatic heterocycles. The van der Waals surface area contributed by atoms with E-state index in [4.69, 9.17) is 15.6 Å². The van der Waals surface area contributed by atoms with Gasteiger partial charge in [-0.25, -0.2) is 4.79 Å². The summed E-state index contributed by atoms with van der Waals surface area (Å²) >= 11 is 0. The number of nitriles is 2. The summed E-state index contributed by atoms with van der Waals surface area (Å²) in [5.74, 6) is -1.40. The first-order valence-corrected chi connectivity index (χ1v) is 6.11. The molecule has 4 nitrogen and oxygen atoms in total. The zero-order valence-corrected chi connectivity index (χ0v) is 10.9. The summed E-state index contributed by atoms with van der Waals surface area (Å²) < 4.78 is 0. The molecule has 0 saturated carbocycles. The number of carboxylic acid groups (broad SMARTS) is 1.